The van der Waals surface area contributed by atoms with Crippen LogP contribution < -0.4 is 15.2 Å². The van der Waals surface area contributed by atoms with Crippen molar-refractivity contribution in [2.24, 2.45) is 5.73 Å². The van der Waals surface area contributed by atoms with Crippen LogP contribution >= 0.6 is 28.3 Å². The van der Waals surface area contributed by atoms with E-state index >= 15 is 0 Å². The zero-order valence-corrected chi connectivity index (χ0v) is 13.8. The molecule has 1 heterocycles. The number of benzene rings is 1. The van der Waals surface area contributed by atoms with E-state index in [-0.39, 0.29) is 24.4 Å². The molecule has 1 aromatic carbocycles. The minimum atomic E-state index is -0.0874. The van der Waals surface area contributed by atoms with E-state index in [9.17, 15) is 4.79 Å². The third kappa shape index (κ3) is 3.37. The lowest BCUT2D eigenvalue weighted by Crippen LogP contribution is -2.39. The summed E-state index contributed by atoms with van der Waals surface area (Å²) in [6, 6.07) is 3.44. The van der Waals surface area contributed by atoms with Crippen molar-refractivity contribution in [3.05, 3.63) is 22.2 Å². The van der Waals surface area contributed by atoms with Gasteiger partial charge >= 0.3 is 0 Å². The summed E-state index contributed by atoms with van der Waals surface area (Å²) >= 11 is 3.40. The molecule has 20 heavy (non-hydrogen) atoms. The molecule has 1 unspecified atom stereocenters. The lowest BCUT2D eigenvalue weighted by atomic mass is 10.1. The van der Waals surface area contributed by atoms with Gasteiger partial charge < -0.3 is 20.1 Å². The van der Waals surface area contributed by atoms with Gasteiger partial charge in [0.1, 0.15) is 13.2 Å². The zero-order valence-electron chi connectivity index (χ0n) is 11.4. The summed E-state index contributed by atoms with van der Waals surface area (Å²) in [5.41, 5.74) is 6.14. The van der Waals surface area contributed by atoms with Crippen LogP contribution in [-0.4, -0.2) is 43.7 Å². The SMILES string of the molecule is CC(CN)N(C)C(=O)c1cc(Br)c2c(c1)OCCO2.Cl. The Bertz CT molecular complexity index is 499. The van der Waals surface area contributed by atoms with E-state index in [4.69, 9.17) is 15.2 Å². The standard InChI is InChI=1S/C13H17BrN2O3.ClH/c1-8(7-15)16(2)13(17)9-5-10(14)12-11(6-9)18-3-4-19-12;/h5-6,8H,3-4,7,15H2,1-2H3;1H. The summed E-state index contributed by atoms with van der Waals surface area (Å²) in [7, 11) is 1.74. The van der Waals surface area contributed by atoms with Gasteiger partial charge in [-0.25, -0.2) is 0 Å². The van der Waals surface area contributed by atoms with Crippen LogP contribution in [0.1, 0.15) is 17.3 Å². The molecule has 0 bridgehead atoms. The second-order valence-corrected chi connectivity index (χ2v) is 5.34. The average Bonchev–Trinajstić information content (AvgIpc) is 2.44. The number of nitrogens with two attached hydrogens (primary N) is 1. The highest BCUT2D eigenvalue weighted by molar-refractivity contribution is 9.10. The zero-order chi connectivity index (χ0) is 14.0. The van der Waals surface area contributed by atoms with Crippen LogP contribution in [0.25, 0.3) is 0 Å². The van der Waals surface area contributed by atoms with E-state index < -0.39 is 0 Å². The Balaban J connectivity index is 0.00000200. The van der Waals surface area contributed by atoms with Crippen LogP contribution in [0.15, 0.2) is 16.6 Å². The predicted octanol–water partition coefficient (Wildman–Crippen LogP) is 2.06. The summed E-state index contributed by atoms with van der Waals surface area (Å²) in [4.78, 5) is 14.0. The number of rotatable bonds is 3. The van der Waals surface area contributed by atoms with Gasteiger partial charge in [0.2, 0.25) is 0 Å². The molecule has 0 fully saturated rings. The van der Waals surface area contributed by atoms with Crippen LogP contribution in [0.3, 0.4) is 0 Å². The molecule has 0 radical (unpaired) electrons. The second-order valence-electron chi connectivity index (χ2n) is 4.48. The number of carbonyl (C=O) groups is 1. The number of nitrogens with zero attached hydrogens (tertiary/aromatic N) is 1. The molecule has 1 aliphatic heterocycles. The van der Waals surface area contributed by atoms with E-state index in [0.29, 0.717) is 36.8 Å². The summed E-state index contributed by atoms with van der Waals surface area (Å²) < 4.78 is 11.7. The Labute approximate surface area is 132 Å². The summed E-state index contributed by atoms with van der Waals surface area (Å²) in [6.07, 6.45) is 0. The molecule has 0 saturated carbocycles. The lowest BCUT2D eigenvalue weighted by Gasteiger charge is -2.25. The molecule has 0 aromatic heterocycles. The van der Waals surface area contributed by atoms with Crippen molar-refractivity contribution < 1.29 is 14.3 Å². The Hall–Kier alpha value is -0.980. The molecular weight excluding hydrogens is 348 g/mol. The smallest absolute Gasteiger partial charge is 0.254 e. The molecule has 112 valence electrons. The molecule has 1 aliphatic rings. The summed E-state index contributed by atoms with van der Waals surface area (Å²) in [5.74, 6) is 1.16. The first-order valence-corrected chi connectivity index (χ1v) is 6.90. The fourth-order valence-corrected chi connectivity index (χ4v) is 2.35. The molecule has 0 aliphatic carbocycles. The number of carbonyl (C=O) groups excluding carboxylic acids is 1. The number of halogens is 2. The fraction of sp³-hybridized carbons (Fsp3) is 0.462. The van der Waals surface area contributed by atoms with E-state index in [1.807, 2.05) is 6.92 Å². The topological polar surface area (TPSA) is 64.8 Å². The number of ether oxygens (including phenoxy) is 2. The van der Waals surface area contributed by atoms with Gasteiger partial charge in [-0.2, -0.15) is 0 Å². The van der Waals surface area contributed by atoms with Crippen molar-refractivity contribution in [3.63, 3.8) is 0 Å². The van der Waals surface area contributed by atoms with Crippen molar-refractivity contribution in [2.75, 3.05) is 26.8 Å². The molecule has 1 amide bonds. The van der Waals surface area contributed by atoms with Crippen molar-refractivity contribution in [2.45, 2.75) is 13.0 Å². The van der Waals surface area contributed by atoms with Crippen molar-refractivity contribution >= 4 is 34.2 Å². The number of likely N-dealkylation sites (N-methyl/N-ethyl adjacent to an activating group) is 1. The minimum Gasteiger partial charge on any atom is -0.486 e. The highest BCUT2D eigenvalue weighted by atomic mass is 79.9. The van der Waals surface area contributed by atoms with Crippen LogP contribution in [0.5, 0.6) is 11.5 Å². The first kappa shape index (κ1) is 17.1. The molecule has 2 N–H and O–H groups in total. The van der Waals surface area contributed by atoms with E-state index in [1.54, 1.807) is 24.1 Å². The Morgan fingerprint density at radius 3 is 2.75 bits per heavy atom. The maximum absolute atomic E-state index is 12.3. The van der Waals surface area contributed by atoms with Gasteiger partial charge in [-0.05, 0) is 35.0 Å². The monoisotopic (exact) mass is 364 g/mol. The largest absolute Gasteiger partial charge is 0.486 e. The maximum Gasteiger partial charge on any atom is 0.254 e. The normalized spacial score (nSPS) is 14.2. The maximum atomic E-state index is 12.3. The number of hydrogen-bond donors (Lipinski definition) is 1. The summed E-state index contributed by atoms with van der Waals surface area (Å²) in [6.45, 7) is 3.34. The van der Waals surface area contributed by atoms with Crippen molar-refractivity contribution in [3.8, 4) is 11.5 Å². The van der Waals surface area contributed by atoms with E-state index in [1.165, 1.54) is 0 Å². The van der Waals surface area contributed by atoms with Crippen LogP contribution in [0, 0.1) is 0 Å². The highest BCUT2D eigenvalue weighted by Crippen LogP contribution is 2.38. The Morgan fingerprint density at radius 1 is 1.45 bits per heavy atom. The minimum absolute atomic E-state index is 0. The molecule has 1 atom stereocenters. The van der Waals surface area contributed by atoms with E-state index in [0.717, 1.165) is 4.47 Å². The molecule has 0 saturated heterocycles. The molecule has 5 nitrogen and oxygen atoms in total. The van der Waals surface area contributed by atoms with Gasteiger partial charge in [-0.15, -0.1) is 12.4 Å². The number of hydrogen-bond acceptors (Lipinski definition) is 4. The average molecular weight is 366 g/mol. The number of fused-ring (bicyclic) bond motifs is 1. The van der Waals surface area contributed by atoms with Gasteiger partial charge in [-0.3, -0.25) is 4.79 Å². The first-order valence-electron chi connectivity index (χ1n) is 6.11. The van der Waals surface area contributed by atoms with Crippen molar-refractivity contribution in [1.29, 1.82) is 0 Å². The van der Waals surface area contributed by atoms with Crippen LogP contribution in [0.2, 0.25) is 0 Å². The number of amides is 1. The van der Waals surface area contributed by atoms with Crippen LogP contribution in [0.4, 0.5) is 0 Å². The molecule has 2 rings (SSSR count). The molecule has 1 aromatic rings. The molecular formula is C13H18BrClN2O3. The summed E-state index contributed by atoms with van der Waals surface area (Å²) in [5, 5.41) is 0. The van der Waals surface area contributed by atoms with E-state index in [2.05, 4.69) is 15.9 Å². The van der Waals surface area contributed by atoms with Gasteiger partial charge in [0.25, 0.3) is 5.91 Å². The van der Waals surface area contributed by atoms with Crippen LogP contribution in [-0.2, 0) is 0 Å². The second kappa shape index (κ2) is 7.15. The fourth-order valence-electron chi connectivity index (χ4n) is 1.80. The van der Waals surface area contributed by atoms with Gasteiger partial charge in [0.05, 0.1) is 4.47 Å². The van der Waals surface area contributed by atoms with Gasteiger partial charge in [0, 0.05) is 25.2 Å². The highest BCUT2D eigenvalue weighted by Gasteiger charge is 2.22. The predicted molar refractivity (Wildman–Crippen MR) is 83.0 cm³/mol. The lowest BCUT2D eigenvalue weighted by molar-refractivity contribution is 0.0747. The third-order valence-corrected chi connectivity index (χ3v) is 3.76. The first-order chi connectivity index (χ1) is 9.04. The van der Waals surface area contributed by atoms with Crippen molar-refractivity contribution in [1.82, 2.24) is 4.90 Å². The third-order valence-electron chi connectivity index (χ3n) is 3.17. The Kier molecular flexibility index (Phi) is 6.10. The van der Waals surface area contributed by atoms with Gasteiger partial charge in [-0.1, -0.05) is 0 Å². The molecule has 0 spiro atoms. The van der Waals surface area contributed by atoms with Gasteiger partial charge in [0.15, 0.2) is 11.5 Å². The quantitative estimate of drug-likeness (QED) is 0.890. The Morgan fingerprint density at radius 2 is 2.10 bits per heavy atom. The molecule has 7 heteroatoms.